The van der Waals surface area contributed by atoms with E-state index in [4.69, 9.17) is 27.9 Å². The smallest absolute Gasteiger partial charge is 0.341 e. The van der Waals surface area contributed by atoms with Crippen LogP contribution in [-0.2, 0) is 9.53 Å². The van der Waals surface area contributed by atoms with E-state index in [0.29, 0.717) is 16.7 Å². The summed E-state index contributed by atoms with van der Waals surface area (Å²) in [5.41, 5.74) is 1.26. The van der Waals surface area contributed by atoms with Gasteiger partial charge < -0.3 is 20.0 Å². The number of anilines is 1. The first-order chi connectivity index (χ1) is 11.9. The average Bonchev–Trinajstić information content (AvgIpc) is 2.92. The van der Waals surface area contributed by atoms with Crippen molar-refractivity contribution in [3.8, 4) is 0 Å². The van der Waals surface area contributed by atoms with Crippen LogP contribution in [0, 0.1) is 0 Å². The number of hydrogen-bond donors (Lipinski definition) is 3. The molecule has 0 saturated heterocycles. The van der Waals surface area contributed by atoms with E-state index in [1.165, 1.54) is 12.1 Å². The Morgan fingerprint density at radius 3 is 2.44 bits per heavy atom. The van der Waals surface area contributed by atoms with Gasteiger partial charge in [-0.15, -0.1) is 0 Å². The number of rotatable bonds is 4. The number of fused-ring (bicyclic) bond motifs is 1. The molecule has 7 nitrogen and oxygen atoms in total. The van der Waals surface area contributed by atoms with Crippen molar-refractivity contribution in [2.45, 2.75) is 0 Å². The van der Waals surface area contributed by atoms with Crippen molar-refractivity contribution in [2.24, 2.45) is 0 Å². The Bertz CT molecular complexity index is 1010. The molecular formula is C16H11Cl2N3O4. The summed E-state index contributed by atoms with van der Waals surface area (Å²) in [6.45, 7) is -0.512. The minimum Gasteiger partial charge on any atom is -0.452 e. The Kier molecular flexibility index (Phi) is 4.78. The number of nitrogens with one attached hydrogen (secondary N) is 3. The van der Waals surface area contributed by atoms with E-state index in [1.807, 2.05) is 0 Å². The monoisotopic (exact) mass is 379 g/mol. The molecule has 0 fully saturated rings. The largest absolute Gasteiger partial charge is 0.452 e. The van der Waals surface area contributed by atoms with Gasteiger partial charge in [-0.25, -0.2) is 9.59 Å². The summed E-state index contributed by atoms with van der Waals surface area (Å²) in [6, 6.07) is 9.41. The maximum absolute atomic E-state index is 12.0. The van der Waals surface area contributed by atoms with Gasteiger partial charge in [0.1, 0.15) is 0 Å². The van der Waals surface area contributed by atoms with Crippen LogP contribution in [-0.4, -0.2) is 28.5 Å². The summed E-state index contributed by atoms with van der Waals surface area (Å²) in [5.74, 6) is -1.34. The molecule has 1 amide bonds. The van der Waals surface area contributed by atoms with E-state index >= 15 is 0 Å². The number of H-pyrrole nitrogens is 2. The highest BCUT2D eigenvalue weighted by atomic mass is 35.5. The first-order valence-electron chi connectivity index (χ1n) is 7.07. The highest BCUT2D eigenvalue weighted by molar-refractivity contribution is 6.39. The number of imidazole rings is 1. The summed E-state index contributed by atoms with van der Waals surface area (Å²) in [6.07, 6.45) is 0. The van der Waals surface area contributed by atoms with Gasteiger partial charge in [-0.05, 0) is 30.3 Å². The van der Waals surface area contributed by atoms with Gasteiger partial charge in [0, 0.05) is 5.69 Å². The Morgan fingerprint density at radius 1 is 1.04 bits per heavy atom. The van der Waals surface area contributed by atoms with Gasteiger partial charge in [0.2, 0.25) is 0 Å². The van der Waals surface area contributed by atoms with Gasteiger partial charge in [-0.2, -0.15) is 0 Å². The Balaban J connectivity index is 1.64. The van der Waals surface area contributed by atoms with Crippen molar-refractivity contribution in [1.82, 2.24) is 9.97 Å². The zero-order valence-corrected chi connectivity index (χ0v) is 14.1. The van der Waals surface area contributed by atoms with Crippen molar-refractivity contribution in [1.29, 1.82) is 0 Å². The molecule has 1 aromatic heterocycles. The molecule has 0 aliphatic heterocycles. The number of esters is 1. The molecule has 3 rings (SSSR count). The molecule has 0 radical (unpaired) electrons. The number of carbonyl (C=O) groups is 2. The molecule has 2 aromatic carbocycles. The van der Waals surface area contributed by atoms with Crippen LogP contribution in [0.5, 0.6) is 0 Å². The number of carbonyl (C=O) groups excluding carboxylic acids is 2. The third-order valence-electron chi connectivity index (χ3n) is 3.30. The van der Waals surface area contributed by atoms with Gasteiger partial charge in [0.15, 0.2) is 6.61 Å². The Hall–Kier alpha value is -2.77. The number of ether oxygens (including phenoxy) is 1. The second kappa shape index (κ2) is 7.00. The molecule has 0 spiro atoms. The maximum atomic E-state index is 12.0. The fourth-order valence-corrected chi connectivity index (χ4v) is 2.76. The van der Waals surface area contributed by atoms with Gasteiger partial charge in [0.05, 0.1) is 26.6 Å². The van der Waals surface area contributed by atoms with Crippen LogP contribution in [0.3, 0.4) is 0 Å². The lowest BCUT2D eigenvalue weighted by molar-refractivity contribution is -0.119. The van der Waals surface area contributed by atoms with Gasteiger partial charge in [-0.3, -0.25) is 4.79 Å². The molecule has 9 heteroatoms. The minimum absolute atomic E-state index is 0.00458. The van der Waals surface area contributed by atoms with Crippen LogP contribution in [0.15, 0.2) is 41.2 Å². The van der Waals surface area contributed by atoms with E-state index in [0.717, 1.165) is 0 Å². The van der Waals surface area contributed by atoms with Crippen molar-refractivity contribution in [3.63, 3.8) is 0 Å². The second-order valence-electron chi connectivity index (χ2n) is 5.06. The molecule has 25 heavy (non-hydrogen) atoms. The predicted octanol–water partition coefficient (Wildman–Crippen LogP) is 2.96. The fraction of sp³-hybridized carbons (Fsp3) is 0.0625. The molecule has 0 aliphatic carbocycles. The molecule has 0 bridgehead atoms. The predicted molar refractivity (Wildman–Crippen MR) is 94.3 cm³/mol. The lowest BCUT2D eigenvalue weighted by atomic mass is 10.2. The molecular weight excluding hydrogens is 369 g/mol. The summed E-state index contributed by atoms with van der Waals surface area (Å²) in [5, 5.41) is 2.84. The molecule has 0 saturated carbocycles. The summed E-state index contributed by atoms with van der Waals surface area (Å²) in [7, 11) is 0. The quantitative estimate of drug-likeness (QED) is 0.606. The lowest BCUT2D eigenvalue weighted by Crippen LogP contribution is -2.21. The summed E-state index contributed by atoms with van der Waals surface area (Å²) >= 11 is 11.8. The van der Waals surface area contributed by atoms with Crippen molar-refractivity contribution < 1.29 is 14.3 Å². The maximum Gasteiger partial charge on any atom is 0.341 e. The highest BCUT2D eigenvalue weighted by Gasteiger charge is 2.17. The number of amides is 1. The standard InChI is InChI=1S/C16H11Cl2N3O4/c17-9-2-1-3-10(18)14(9)15(23)25-7-13(22)19-8-4-5-11-12(6-8)21-16(24)20-11/h1-6H,7H2,(H,19,22)(H2,20,21,24). The molecule has 1 heterocycles. The molecule has 3 N–H and O–H groups in total. The SMILES string of the molecule is O=C(COC(=O)c1c(Cl)cccc1Cl)Nc1ccc2[nH]c(=O)[nH]c2c1. The van der Waals surface area contributed by atoms with Crippen molar-refractivity contribution in [2.75, 3.05) is 11.9 Å². The van der Waals surface area contributed by atoms with E-state index in [1.54, 1.807) is 24.3 Å². The molecule has 3 aromatic rings. The van der Waals surface area contributed by atoms with Crippen LogP contribution in [0.1, 0.15) is 10.4 Å². The fourth-order valence-electron chi connectivity index (χ4n) is 2.20. The van der Waals surface area contributed by atoms with Crippen LogP contribution >= 0.6 is 23.2 Å². The zero-order valence-electron chi connectivity index (χ0n) is 12.6. The van der Waals surface area contributed by atoms with Crippen molar-refractivity contribution >= 4 is 51.8 Å². The van der Waals surface area contributed by atoms with Crippen LogP contribution in [0.4, 0.5) is 5.69 Å². The van der Waals surface area contributed by atoms with Crippen LogP contribution in [0.2, 0.25) is 10.0 Å². The average molecular weight is 380 g/mol. The third-order valence-corrected chi connectivity index (χ3v) is 3.93. The lowest BCUT2D eigenvalue weighted by Gasteiger charge is -2.08. The van der Waals surface area contributed by atoms with Crippen molar-refractivity contribution in [3.05, 3.63) is 62.5 Å². The van der Waals surface area contributed by atoms with E-state index < -0.39 is 18.5 Å². The van der Waals surface area contributed by atoms with E-state index in [2.05, 4.69) is 15.3 Å². The molecule has 0 atom stereocenters. The highest BCUT2D eigenvalue weighted by Crippen LogP contribution is 2.25. The Labute approximate surface area is 150 Å². The second-order valence-corrected chi connectivity index (χ2v) is 5.87. The van der Waals surface area contributed by atoms with Crippen LogP contribution in [0.25, 0.3) is 11.0 Å². The summed E-state index contributed by atoms with van der Waals surface area (Å²) in [4.78, 5) is 40.3. The molecule has 0 aliphatic rings. The minimum atomic E-state index is -0.795. The van der Waals surface area contributed by atoms with E-state index in [-0.39, 0.29) is 21.3 Å². The zero-order chi connectivity index (χ0) is 18.0. The number of benzene rings is 2. The number of aromatic nitrogens is 2. The first kappa shape index (κ1) is 17.1. The topological polar surface area (TPSA) is 104 Å². The number of hydrogen-bond acceptors (Lipinski definition) is 4. The Morgan fingerprint density at radius 2 is 1.72 bits per heavy atom. The molecule has 0 unspecified atom stereocenters. The number of halogens is 2. The third kappa shape index (κ3) is 3.84. The molecule has 128 valence electrons. The summed E-state index contributed by atoms with van der Waals surface area (Å²) < 4.78 is 4.93. The van der Waals surface area contributed by atoms with Gasteiger partial charge >= 0.3 is 11.7 Å². The van der Waals surface area contributed by atoms with E-state index in [9.17, 15) is 14.4 Å². The van der Waals surface area contributed by atoms with Crippen LogP contribution < -0.4 is 11.0 Å². The first-order valence-corrected chi connectivity index (χ1v) is 7.82. The van der Waals surface area contributed by atoms with Gasteiger partial charge in [-0.1, -0.05) is 29.3 Å². The number of aromatic amines is 2. The van der Waals surface area contributed by atoms with Gasteiger partial charge in [0.25, 0.3) is 5.91 Å². The normalized spacial score (nSPS) is 10.6.